The normalized spacial score (nSPS) is 11.5. The van der Waals surface area contributed by atoms with Crippen molar-refractivity contribution in [2.24, 2.45) is 0 Å². The number of amides is 1. The number of hydrogen-bond donors (Lipinski definition) is 0. The topological polar surface area (TPSA) is 55.6 Å². The molecule has 2 rings (SSSR count). The van der Waals surface area contributed by atoms with E-state index in [1.54, 1.807) is 13.1 Å². The molecular formula is C16H17F3N2O3. The number of nitrogens with zero attached hydrogens (tertiary/aromatic N) is 2. The maximum atomic E-state index is 12.8. The fraction of sp³-hybridized carbons (Fsp3) is 0.375. The van der Waals surface area contributed by atoms with Crippen LogP contribution in [0, 0.1) is 13.8 Å². The number of hydrogen-bond acceptors (Lipinski definition) is 4. The molecule has 0 aliphatic heterocycles. The van der Waals surface area contributed by atoms with Crippen LogP contribution in [0.3, 0.4) is 0 Å². The first-order valence-corrected chi connectivity index (χ1v) is 7.06. The van der Waals surface area contributed by atoms with Crippen molar-refractivity contribution < 1.29 is 27.1 Å². The van der Waals surface area contributed by atoms with Gasteiger partial charge >= 0.3 is 6.18 Å². The Hall–Kier alpha value is -2.51. The number of carbonyl (C=O) groups excluding carboxylic acids is 1. The molecule has 2 aromatic rings. The molecule has 0 saturated heterocycles. The quantitative estimate of drug-likeness (QED) is 0.852. The number of carbonyl (C=O) groups is 1. The van der Waals surface area contributed by atoms with E-state index in [4.69, 9.17) is 4.74 Å². The SMILES string of the molecule is COc1c(C)cnc(CN(C)C(=O)c2ccoc2C(F)(F)F)c1C. The minimum atomic E-state index is -4.73. The van der Waals surface area contributed by atoms with Crippen LogP contribution in [0.15, 0.2) is 22.9 Å². The summed E-state index contributed by atoms with van der Waals surface area (Å²) in [5, 5.41) is 0. The first kappa shape index (κ1) is 17.8. The van der Waals surface area contributed by atoms with Gasteiger partial charge in [0.2, 0.25) is 5.76 Å². The van der Waals surface area contributed by atoms with Gasteiger partial charge in [0.05, 0.1) is 31.2 Å². The van der Waals surface area contributed by atoms with E-state index < -0.39 is 23.4 Å². The summed E-state index contributed by atoms with van der Waals surface area (Å²) in [7, 11) is 2.93. The summed E-state index contributed by atoms with van der Waals surface area (Å²) in [6.45, 7) is 3.66. The van der Waals surface area contributed by atoms with E-state index in [1.165, 1.54) is 14.2 Å². The van der Waals surface area contributed by atoms with Crippen molar-refractivity contribution in [3.63, 3.8) is 0 Å². The predicted molar refractivity (Wildman–Crippen MR) is 79.8 cm³/mol. The second-order valence-corrected chi connectivity index (χ2v) is 5.37. The highest BCUT2D eigenvalue weighted by molar-refractivity contribution is 5.95. The van der Waals surface area contributed by atoms with Gasteiger partial charge in [0.25, 0.3) is 5.91 Å². The van der Waals surface area contributed by atoms with Gasteiger partial charge in [-0.15, -0.1) is 0 Å². The monoisotopic (exact) mass is 342 g/mol. The highest BCUT2D eigenvalue weighted by Gasteiger charge is 2.39. The van der Waals surface area contributed by atoms with E-state index in [0.717, 1.165) is 28.4 Å². The van der Waals surface area contributed by atoms with Gasteiger partial charge in [0.1, 0.15) is 5.75 Å². The van der Waals surface area contributed by atoms with E-state index in [1.807, 2.05) is 6.92 Å². The van der Waals surface area contributed by atoms with Crippen molar-refractivity contribution in [3.8, 4) is 5.75 Å². The summed E-state index contributed by atoms with van der Waals surface area (Å²) >= 11 is 0. The molecule has 0 aliphatic carbocycles. The number of methoxy groups -OCH3 is 1. The molecule has 0 fully saturated rings. The molecule has 0 bridgehead atoms. The number of furan rings is 1. The van der Waals surface area contributed by atoms with Crippen molar-refractivity contribution in [2.45, 2.75) is 26.6 Å². The minimum absolute atomic E-state index is 0.0454. The van der Waals surface area contributed by atoms with Crippen molar-refractivity contribution in [3.05, 3.63) is 46.7 Å². The minimum Gasteiger partial charge on any atom is -0.496 e. The molecule has 0 aromatic carbocycles. The van der Waals surface area contributed by atoms with Crippen LogP contribution < -0.4 is 4.74 Å². The smallest absolute Gasteiger partial charge is 0.450 e. The van der Waals surface area contributed by atoms with Gasteiger partial charge in [0.15, 0.2) is 0 Å². The van der Waals surface area contributed by atoms with Crippen molar-refractivity contribution in [2.75, 3.05) is 14.2 Å². The van der Waals surface area contributed by atoms with Gasteiger partial charge in [-0.3, -0.25) is 9.78 Å². The molecule has 1 amide bonds. The zero-order chi connectivity index (χ0) is 18.1. The Morgan fingerprint density at radius 2 is 2.04 bits per heavy atom. The maximum Gasteiger partial charge on any atom is 0.450 e. The Bertz CT molecular complexity index is 754. The molecule has 2 heterocycles. The molecule has 24 heavy (non-hydrogen) atoms. The zero-order valence-electron chi connectivity index (χ0n) is 13.7. The average molecular weight is 342 g/mol. The lowest BCUT2D eigenvalue weighted by Crippen LogP contribution is -2.28. The van der Waals surface area contributed by atoms with Crippen LogP contribution in [-0.2, 0) is 12.7 Å². The number of pyridine rings is 1. The number of rotatable bonds is 4. The molecule has 5 nitrogen and oxygen atoms in total. The lowest BCUT2D eigenvalue weighted by Gasteiger charge is -2.19. The Kier molecular flexibility index (Phi) is 4.86. The van der Waals surface area contributed by atoms with Gasteiger partial charge in [-0.2, -0.15) is 13.2 Å². The van der Waals surface area contributed by atoms with Crippen LogP contribution in [0.1, 0.15) is 32.9 Å². The van der Waals surface area contributed by atoms with Gasteiger partial charge < -0.3 is 14.1 Å². The number of halogens is 3. The molecule has 8 heteroatoms. The summed E-state index contributed by atoms with van der Waals surface area (Å²) in [6.07, 6.45) is -2.28. The maximum absolute atomic E-state index is 12.8. The van der Waals surface area contributed by atoms with Crippen LogP contribution in [0.25, 0.3) is 0 Å². The molecular weight excluding hydrogens is 325 g/mol. The fourth-order valence-corrected chi connectivity index (χ4v) is 2.43. The van der Waals surface area contributed by atoms with E-state index in [-0.39, 0.29) is 6.54 Å². The summed E-state index contributed by atoms with van der Waals surface area (Å²) in [4.78, 5) is 17.7. The Labute approximate surface area is 137 Å². The van der Waals surface area contributed by atoms with E-state index in [9.17, 15) is 18.0 Å². The van der Waals surface area contributed by atoms with Crippen LogP contribution in [0.2, 0.25) is 0 Å². The summed E-state index contributed by atoms with van der Waals surface area (Å²) in [5.74, 6) is -1.46. The second-order valence-electron chi connectivity index (χ2n) is 5.37. The molecule has 2 aromatic heterocycles. The molecule has 0 saturated carbocycles. The summed E-state index contributed by atoms with van der Waals surface area (Å²) in [6, 6.07) is 1.01. The van der Waals surface area contributed by atoms with E-state index >= 15 is 0 Å². The van der Waals surface area contributed by atoms with Crippen molar-refractivity contribution in [1.29, 1.82) is 0 Å². The van der Waals surface area contributed by atoms with Crippen LogP contribution in [0.4, 0.5) is 13.2 Å². The molecule has 130 valence electrons. The molecule has 0 atom stereocenters. The molecule has 0 unspecified atom stereocenters. The highest BCUT2D eigenvalue weighted by atomic mass is 19.4. The molecule has 0 aliphatic rings. The summed E-state index contributed by atoms with van der Waals surface area (Å²) in [5.41, 5.74) is 1.59. The second kappa shape index (κ2) is 6.54. The first-order valence-electron chi connectivity index (χ1n) is 7.06. The molecule has 0 radical (unpaired) electrons. The third-order valence-corrected chi connectivity index (χ3v) is 3.64. The Morgan fingerprint density at radius 1 is 1.38 bits per heavy atom. The third kappa shape index (κ3) is 3.37. The first-order chi connectivity index (χ1) is 11.2. The largest absolute Gasteiger partial charge is 0.496 e. The van der Waals surface area contributed by atoms with Crippen molar-refractivity contribution >= 4 is 5.91 Å². The van der Waals surface area contributed by atoms with Crippen molar-refractivity contribution in [1.82, 2.24) is 9.88 Å². The Morgan fingerprint density at radius 3 is 2.62 bits per heavy atom. The van der Waals surface area contributed by atoms with Gasteiger partial charge in [-0.1, -0.05) is 0 Å². The summed E-state index contributed by atoms with van der Waals surface area (Å²) < 4.78 is 48.2. The Balaban J connectivity index is 2.27. The molecule has 0 N–H and O–H groups in total. The van der Waals surface area contributed by atoms with Gasteiger partial charge in [-0.25, -0.2) is 0 Å². The number of alkyl halides is 3. The fourth-order valence-electron chi connectivity index (χ4n) is 2.43. The predicted octanol–water partition coefficient (Wildman–Crippen LogP) is 3.59. The van der Waals surface area contributed by atoms with Gasteiger partial charge in [-0.05, 0) is 19.9 Å². The standard InChI is InChI=1S/C16H17F3N2O3/c1-9-7-20-12(10(2)13(9)23-4)8-21(3)15(22)11-5-6-24-14(11)16(17,18)19/h5-7H,8H2,1-4H3. The van der Waals surface area contributed by atoms with Crippen LogP contribution in [-0.4, -0.2) is 29.9 Å². The van der Waals surface area contributed by atoms with Crippen LogP contribution >= 0.6 is 0 Å². The zero-order valence-corrected chi connectivity index (χ0v) is 13.7. The lowest BCUT2D eigenvalue weighted by molar-refractivity contribution is -0.153. The van der Waals surface area contributed by atoms with E-state index in [2.05, 4.69) is 9.40 Å². The van der Waals surface area contributed by atoms with Gasteiger partial charge in [0, 0.05) is 24.4 Å². The average Bonchev–Trinajstić information content (AvgIpc) is 2.99. The number of aryl methyl sites for hydroxylation is 1. The highest BCUT2D eigenvalue weighted by Crippen LogP contribution is 2.33. The number of aromatic nitrogens is 1. The number of ether oxygens (including phenoxy) is 1. The van der Waals surface area contributed by atoms with Crippen LogP contribution in [0.5, 0.6) is 5.75 Å². The third-order valence-electron chi connectivity index (χ3n) is 3.64. The lowest BCUT2D eigenvalue weighted by atomic mass is 10.1. The molecule has 0 spiro atoms. The van der Waals surface area contributed by atoms with E-state index in [0.29, 0.717) is 11.4 Å².